The number of hydrogen-bond acceptors (Lipinski definition) is 4. The summed E-state index contributed by atoms with van der Waals surface area (Å²) >= 11 is 0. The van der Waals surface area contributed by atoms with E-state index in [2.05, 4.69) is 20.6 Å². The van der Waals surface area contributed by atoms with E-state index in [4.69, 9.17) is 5.73 Å². The first-order valence-electron chi connectivity index (χ1n) is 5.63. The van der Waals surface area contributed by atoms with Crippen LogP contribution in [0.5, 0.6) is 0 Å². The minimum absolute atomic E-state index is 0.201. The first-order chi connectivity index (χ1) is 8.47. The predicted octanol–water partition coefficient (Wildman–Crippen LogP) is 1.10. The smallest absolute Gasteiger partial charge is 0.279 e. The van der Waals surface area contributed by atoms with Gasteiger partial charge in [-0.25, -0.2) is 0 Å². The lowest BCUT2D eigenvalue weighted by molar-refractivity contribution is 0.102. The van der Waals surface area contributed by atoms with Gasteiger partial charge in [0, 0.05) is 25.0 Å². The molecule has 7 nitrogen and oxygen atoms in total. The minimum atomic E-state index is -0.366. The first-order valence-corrected chi connectivity index (χ1v) is 5.63. The molecular formula is C11H16N6O. The number of aryl methyl sites for hydroxylation is 1. The summed E-state index contributed by atoms with van der Waals surface area (Å²) < 4.78 is 1.49. The Labute approximate surface area is 104 Å². The van der Waals surface area contributed by atoms with Gasteiger partial charge in [0.2, 0.25) is 0 Å². The molecule has 2 rings (SSSR count). The van der Waals surface area contributed by atoms with E-state index in [1.165, 1.54) is 4.68 Å². The van der Waals surface area contributed by atoms with Crippen molar-refractivity contribution in [3.63, 3.8) is 0 Å². The summed E-state index contributed by atoms with van der Waals surface area (Å²) in [5, 5.41) is 13.5. The summed E-state index contributed by atoms with van der Waals surface area (Å²) in [4.78, 5) is 11.9. The van der Waals surface area contributed by atoms with Crippen LogP contribution in [-0.4, -0.2) is 25.9 Å². The average Bonchev–Trinajstić information content (AvgIpc) is 2.85. The normalized spacial score (nSPS) is 10.9. The van der Waals surface area contributed by atoms with Crippen molar-refractivity contribution in [1.29, 1.82) is 0 Å². The molecule has 1 amide bonds. The average molecular weight is 248 g/mol. The predicted molar refractivity (Wildman–Crippen MR) is 68.3 cm³/mol. The third-order valence-corrected chi connectivity index (χ3v) is 2.53. The van der Waals surface area contributed by atoms with Gasteiger partial charge in [0.1, 0.15) is 0 Å². The third-order valence-electron chi connectivity index (χ3n) is 2.53. The van der Waals surface area contributed by atoms with Crippen LogP contribution >= 0.6 is 0 Å². The second-order valence-corrected chi connectivity index (χ2v) is 4.42. The quantitative estimate of drug-likeness (QED) is 0.757. The van der Waals surface area contributed by atoms with Gasteiger partial charge in [-0.15, -0.1) is 0 Å². The summed E-state index contributed by atoms with van der Waals surface area (Å²) in [6.07, 6.45) is 1.58. The summed E-state index contributed by atoms with van der Waals surface area (Å²) in [6.45, 7) is 4.08. The first kappa shape index (κ1) is 12.2. The Morgan fingerprint density at radius 3 is 2.78 bits per heavy atom. The zero-order valence-corrected chi connectivity index (χ0v) is 10.6. The van der Waals surface area contributed by atoms with Gasteiger partial charge in [-0.1, -0.05) is 13.8 Å². The van der Waals surface area contributed by atoms with Gasteiger partial charge in [0.05, 0.1) is 5.69 Å². The van der Waals surface area contributed by atoms with Crippen LogP contribution in [0.15, 0.2) is 12.3 Å². The highest BCUT2D eigenvalue weighted by Gasteiger charge is 2.15. The molecule has 0 aliphatic rings. The Kier molecular flexibility index (Phi) is 3.05. The fourth-order valence-corrected chi connectivity index (χ4v) is 1.56. The van der Waals surface area contributed by atoms with E-state index in [1.54, 1.807) is 19.3 Å². The number of amides is 1. The molecule has 0 unspecified atom stereocenters. The lowest BCUT2D eigenvalue weighted by Crippen LogP contribution is -2.14. The maximum absolute atomic E-state index is 11.9. The molecule has 0 aliphatic heterocycles. The van der Waals surface area contributed by atoms with E-state index in [1.807, 2.05) is 13.8 Å². The second kappa shape index (κ2) is 4.52. The molecular weight excluding hydrogens is 232 g/mol. The molecule has 0 aromatic carbocycles. The molecule has 0 bridgehead atoms. The number of aromatic nitrogens is 4. The zero-order chi connectivity index (χ0) is 13.3. The van der Waals surface area contributed by atoms with E-state index in [0.717, 1.165) is 5.69 Å². The largest absolute Gasteiger partial charge is 0.396 e. The number of anilines is 2. The summed E-state index contributed by atoms with van der Waals surface area (Å²) in [6, 6.07) is 1.79. The van der Waals surface area contributed by atoms with Crippen molar-refractivity contribution in [3.05, 3.63) is 23.7 Å². The van der Waals surface area contributed by atoms with E-state index in [-0.39, 0.29) is 11.6 Å². The standard InChI is InChI=1S/C11H16N6O/c1-6(2)8-4-9(15-14-8)13-11(18)10-7(12)5-17(3)16-10/h4-6H,12H2,1-3H3,(H2,13,14,15,18). The molecule has 2 aromatic rings. The molecule has 0 aliphatic carbocycles. The van der Waals surface area contributed by atoms with Crippen LogP contribution in [-0.2, 0) is 7.05 Å². The van der Waals surface area contributed by atoms with Gasteiger partial charge in [0.15, 0.2) is 11.5 Å². The number of aromatic amines is 1. The lowest BCUT2D eigenvalue weighted by atomic mass is 10.1. The zero-order valence-electron chi connectivity index (χ0n) is 10.6. The molecule has 96 valence electrons. The topological polar surface area (TPSA) is 102 Å². The lowest BCUT2D eigenvalue weighted by Gasteiger charge is -1.99. The Balaban J connectivity index is 2.13. The highest BCUT2D eigenvalue weighted by Crippen LogP contribution is 2.16. The van der Waals surface area contributed by atoms with E-state index < -0.39 is 0 Å². The van der Waals surface area contributed by atoms with Gasteiger partial charge < -0.3 is 11.1 Å². The highest BCUT2D eigenvalue weighted by molar-refractivity contribution is 6.05. The van der Waals surface area contributed by atoms with Crippen LogP contribution in [0.4, 0.5) is 11.5 Å². The van der Waals surface area contributed by atoms with Crippen LogP contribution in [0.3, 0.4) is 0 Å². The number of nitrogens with two attached hydrogens (primary N) is 1. The maximum atomic E-state index is 11.9. The van der Waals surface area contributed by atoms with Crippen molar-refractivity contribution in [2.75, 3.05) is 11.1 Å². The Morgan fingerprint density at radius 2 is 2.28 bits per heavy atom. The van der Waals surface area contributed by atoms with E-state index in [9.17, 15) is 4.79 Å². The molecule has 0 spiro atoms. The number of hydrogen-bond donors (Lipinski definition) is 3. The van der Waals surface area contributed by atoms with Gasteiger partial charge in [-0.3, -0.25) is 14.6 Å². The number of carbonyl (C=O) groups excluding carboxylic acids is 1. The fraction of sp³-hybridized carbons (Fsp3) is 0.364. The number of nitrogens with one attached hydrogen (secondary N) is 2. The van der Waals surface area contributed by atoms with Crippen molar-refractivity contribution in [1.82, 2.24) is 20.0 Å². The number of carbonyl (C=O) groups is 1. The molecule has 2 heterocycles. The summed E-state index contributed by atoms with van der Waals surface area (Å²) in [5.41, 5.74) is 7.18. The number of nitrogens with zero attached hydrogens (tertiary/aromatic N) is 3. The molecule has 0 saturated heterocycles. The van der Waals surface area contributed by atoms with Gasteiger partial charge in [-0.2, -0.15) is 10.2 Å². The van der Waals surface area contributed by atoms with Crippen molar-refractivity contribution in [3.8, 4) is 0 Å². The van der Waals surface area contributed by atoms with Gasteiger partial charge in [0.25, 0.3) is 5.91 Å². The molecule has 0 atom stereocenters. The van der Waals surface area contributed by atoms with Crippen LogP contribution in [0.2, 0.25) is 0 Å². The van der Waals surface area contributed by atoms with E-state index >= 15 is 0 Å². The molecule has 0 fully saturated rings. The number of rotatable bonds is 3. The van der Waals surface area contributed by atoms with Crippen molar-refractivity contribution in [2.24, 2.45) is 7.05 Å². The molecule has 4 N–H and O–H groups in total. The van der Waals surface area contributed by atoms with Gasteiger partial charge >= 0.3 is 0 Å². The van der Waals surface area contributed by atoms with Crippen molar-refractivity contribution < 1.29 is 4.79 Å². The second-order valence-electron chi connectivity index (χ2n) is 4.42. The Morgan fingerprint density at radius 1 is 1.56 bits per heavy atom. The molecule has 7 heteroatoms. The Bertz CT molecular complexity index is 568. The third kappa shape index (κ3) is 2.34. The fourth-order valence-electron chi connectivity index (χ4n) is 1.56. The van der Waals surface area contributed by atoms with Crippen LogP contribution in [0.25, 0.3) is 0 Å². The molecule has 18 heavy (non-hydrogen) atoms. The van der Waals surface area contributed by atoms with Crippen molar-refractivity contribution in [2.45, 2.75) is 19.8 Å². The van der Waals surface area contributed by atoms with Gasteiger partial charge in [-0.05, 0) is 5.92 Å². The Hall–Kier alpha value is -2.31. The van der Waals surface area contributed by atoms with Crippen LogP contribution in [0.1, 0.15) is 35.9 Å². The molecule has 2 aromatic heterocycles. The van der Waals surface area contributed by atoms with E-state index in [0.29, 0.717) is 17.4 Å². The van der Waals surface area contributed by atoms with Crippen molar-refractivity contribution >= 4 is 17.4 Å². The van der Waals surface area contributed by atoms with Crippen LogP contribution in [0, 0.1) is 0 Å². The minimum Gasteiger partial charge on any atom is -0.396 e. The van der Waals surface area contributed by atoms with Crippen LogP contribution < -0.4 is 11.1 Å². The summed E-state index contributed by atoms with van der Waals surface area (Å²) in [7, 11) is 1.71. The highest BCUT2D eigenvalue weighted by atomic mass is 16.2. The SMILES string of the molecule is CC(C)c1cc(NC(=O)c2nn(C)cc2N)n[nH]1. The number of H-pyrrole nitrogens is 1. The number of nitrogen functional groups attached to an aromatic ring is 1. The molecule has 0 radical (unpaired) electrons. The molecule has 0 saturated carbocycles. The summed E-state index contributed by atoms with van der Waals surface area (Å²) in [5.74, 6) is 0.423. The monoisotopic (exact) mass is 248 g/mol. The maximum Gasteiger partial charge on any atom is 0.279 e.